The van der Waals surface area contributed by atoms with Crippen LogP contribution in [0.1, 0.15) is 12.5 Å². The molecule has 0 unspecified atom stereocenters. The van der Waals surface area contributed by atoms with Crippen LogP contribution >= 0.6 is 23.2 Å². The SMILES string of the molecule is CC(=O)C(Cl)(Cl)S(=O)(=O)c1ccc(C)cc1. The Labute approximate surface area is 104 Å². The first-order chi connectivity index (χ1) is 7.19. The minimum Gasteiger partial charge on any atom is -0.295 e. The van der Waals surface area contributed by atoms with Gasteiger partial charge in [-0.15, -0.1) is 0 Å². The predicted octanol–water partition coefficient (Wildman–Crippen LogP) is 2.49. The summed E-state index contributed by atoms with van der Waals surface area (Å²) in [6, 6.07) is 5.95. The summed E-state index contributed by atoms with van der Waals surface area (Å²) in [6.07, 6.45) is 0. The van der Waals surface area contributed by atoms with Gasteiger partial charge in [0.2, 0.25) is 9.84 Å². The van der Waals surface area contributed by atoms with Crippen molar-refractivity contribution in [3.63, 3.8) is 0 Å². The lowest BCUT2D eigenvalue weighted by molar-refractivity contribution is -0.116. The number of carbonyl (C=O) groups is 1. The van der Waals surface area contributed by atoms with Gasteiger partial charge >= 0.3 is 0 Å². The van der Waals surface area contributed by atoms with E-state index in [1.54, 1.807) is 12.1 Å². The smallest absolute Gasteiger partial charge is 0.279 e. The molecule has 0 heterocycles. The van der Waals surface area contributed by atoms with Gasteiger partial charge in [-0.05, 0) is 26.0 Å². The van der Waals surface area contributed by atoms with Crippen molar-refractivity contribution in [2.75, 3.05) is 0 Å². The molecule has 0 atom stereocenters. The summed E-state index contributed by atoms with van der Waals surface area (Å²) in [5, 5.41) is 0. The monoisotopic (exact) mass is 280 g/mol. The third kappa shape index (κ3) is 2.24. The fourth-order valence-corrected chi connectivity index (χ4v) is 2.76. The zero-order chi connectivity index (χ0) is 12.6. The highest BCUT2D eigenvalue weighted by atomic mass is 35.5. The van der Waals surface area contributed by atoms with Gasteiger partial charge in [0.05, 0.1) is 4.90 Å². The lowest BCUT2D eigenvalue weighted by Crippen LogP contribution is -2.33. The molecule has 0 saturated carbocycles. The van der Waals surface area contributed by atoms with Crippen LogP contribution < -0.4 is 0 Å². The van der Waals surface area contributed by atoms with Gasteiger partial charge in [0.15, 0.2) is 5.78 Å². The summed E-state index contributed by atoms with van der Waals surface area (Å²) in [4.78, 5) is 11.0. The van der Waals surface area contributed by atoms with Crippen molar-refractivity contribution in [3.8, 4) is 0 Å². The van der Waals surface area contributed by atoms with Gasteiger partial charge in [-0.25, -0.2) is 8.42 Å². The molecule has 0 spiro atoms. The van der Waals surface area contributed by atoms with Gasteiger partial charge in [0.1, 0.15) is 0 Å². The Morgan fingerprint density at radius 3 is 2.00 bits per heavy atom. The molecule has 0 N–H and O–H groups in total. The van der Waals surface area contributed by atoms with Crippen LogP contribution in [0.3, 0.4) is 0 Å². The molecule has 0 bridgehead atoms. The second-order valence-corrected chi connectivity index (χ2v) is 7.26. The number of halogens is 2. The molecule has 3 nitrogen and oxygen atoms in total. The zero-order valence-electron chi connectivity index (χ0n) is 8.70. The second-order valence-electron chi connectivity index (χ2n) is 3.39. The van der Waals surface area contributed by atoms with Gasteiger partial charge in [0.25, 0.3) is 3.67 Å². The van der Waals surface area contributed by atoms with Crippen molar-refractivity contribution in [2.45, 2.75) is 22.4 Å². The number of Topliss-reactive ketones (excluding diaryl/α,β-unsaturated/α-hetero) is 1. The first kappa shape index (κ1) is 13.5. The van der Waals surface area contributed by atoms with Gasteiger partial charge in [-0.1, -0.05) is 40.9 Å². The van der Waals surface area contributed by atoms with E-state index in [9.17, 15) is 13.2 Å². The first-order valence-corrected chi connectivity index (χ1v) is 6.63. The number of carbonyl (C=O) groups excluding carboxylic acids is 1. The maximum absolute atomic E-state index is 11.9. The van der Waals surface area contributed by atoms with Crippen LogP contribution in [0.2, 0.25) is 0 Å². The number of alkyl halides is 2. The molecule has 1 rings (SSSR count). The van der Waals surface area contributed by atoms with Gasteiger partial charge in [-0.2, -0.15) is 0 Å². The fourth-order valence-electron chi connectivity index (χ4n) is 1.05. The van der Waals surface area contributed by atoms with E-state index in [-0.39, 0.29) is 4.90 Å². The Morgan fingerprint density at radius 1 is 1.19 bits per heavy atom. The first-order valence-electron chi connectivity index (χ1n) is 4.40. The molecule has 6 heteroatoms. The lowest BCUT2D eigenvalue weighted by atomic mass is 10.2. The van der Waals surface area contributed by atoms with E-state index >= 15 is 0 Å². The highest BCUT2D eigenvalue weighted by molar-refractivity contribution is 7.96. The Bertz CT molecular complexity index is 503. The Kier molecular flexibility index (Phi) is 3.67. The van der Waals surface area contributed by atoms with Gasteiger partial charge < -0.3 is 0 Å². The topological polar surface area (TPSA) is 51.2 Å². The molecule has 0 aliphatic heterocycles. The molecule has 88 valence electrons. The van der Waals surface area contributed by atoms with Crippen LogP contribution in [0.4, 0.5) is 0 Å². The highest BCUT2D eigenvalue weighted by Gasteiger charge is 2.45. The molecule has 0 radical (unpaired) electrons. The van der Waals surface area contributed by atoms with Gasteiger partial charge in [-0.3, -0.25) is 4.79 Å². The van der Waals surface area contributed by atoms with Crippen molar-refractivity contribution in [3.05, 3.63) is 29.8 Å². The minimum absolute atomic E-state index is 0.0710. The standard InChI is InChI=1S/C10H10Cl2O3S/c1-7-3-5-9(6-4-7)16(14,15)10(11,12)8(2)13/h3-6H,1-2H3. The average Bonchev–Trinajstić information content (AvgIpc) is 2.17. The summed E-state index contributed by atoms with van der Waals surface area (Å²) in [6.45, 7) is 2.85. The molecule has 0 aliphatic carbocycles. The summed E-state index contributed by atoms with van der Waals surface area (Å²) in [5.41, 5.74) is 0.900. The predicted molar refractivity (Wildman–Crippen MR) is 63.5 cm³/mol. The van der Waals surface area contributed by atoms with Crippen LogP contribution in [0.25, 0.3) is 0 Å². The summed E-state index contributed by atoms with van der Waals surface area (Å²) < 4.78 is 21.4. The molecular weight excluding hydrogens is 271 g/mol. The van der Waals surface area contributed by atoms with Crippen molar-refractivity contribution in [1.29, 1.82) is 0 Å². The number of hydrogen-bond acceptors (Lipinski definition) is 3. The Morgan fingerprint density at radius 2 is 1.62 bits per heavy atom. The number of hydrogen-bond donors (Lipinski definition) is 0. The maximum atomic E-state index is 11.9. The van der Waals surface area contributed by atoms with Crippen molar-refractivity contribution in [2.24, 2.45) is 0 Å². The minimum atomic E-state index is -4.07. The maximum Gasteiger partial charge on any atom is 0.279 e. The summed E-state index contributed by atoms with van der Waals surface area (Å²) in [7, 11) is -4.07. The number of rotatable bonds is 3. The molecule has 1 aromatic rings. The van der Waals surface area contributed by atoms with Crippen LogP contribution in [0, 0.1) is 6.92 Å². The molecule has 0 aliphatic rings. The second kappa shape index (κ2) is 4.35. The fraction of sp³-hybridized carbons (Fsp3) is 0.300. The summed E-state index contributed by atoms with van der Waals surface area (Å²) >= 11 is 11.1. The largest absolute Gasteiger partial charge is 0.295 e. The van der Waals surface area contributed by atoms with Crippen LogP contribution in [-0.4, -0.2) is 17.9 Å². The molecule has 0 aromatic heterocycles. The molecule has 0 fully saturated rings. The normalized spacial score (nSPS) is 12.5. The third-order valence-electron chi connectivity index (χ3n) is 2.08. The Balaban J connectivity index is 3.33. The van der Waals surface area contributed by atoms with E-state index in [1.165, 1.54) is 12.1 Å². The average molecular weight is 281 g/mol. The Hall–Kier alpha value is -0.580. The number of sulfone groups is 1. The van der Waals surface area contributed by atoms with Crippen LogP contribution in [-0.2, 0) is 14.6 Å². The summed E-state index contributed by atoms with van der Waals surface area (Å²) in [5.74, 6) is -0.823. The molecule has 0 saturated heterocycles. The lowest BCUT2D eigenvalue weighted by Gasteiger charge is -2.16. The van der Waals surface area contributed by atoms with E-state index in [4.69, 9.17) is 23.2 Å². The van der Waals surface area contributed by atoms with Crippen LogP contribution in [0.5, 0.6) is 0 Å². The quantitative estimate of drug-likeness (QED) is 0.800. The number of ketones is 1. The van der Waals surface area contributed by atoms with E-state index in [0.717, 1.165) is 12.5 Å². The highest BCUT2D eigenvalue weighted by Crippen LogP contribution is 2.34. The molecule has 1 aromatic carbocycles. The van der Waals surface area contributed by atoms with Crippen molar-refractivity contribution < 1.29 is 13.2 Å². The number of aryl methyl sites for hydroxylation is 1. The van der Waals surface area contributed by atoms with E-state index in [1.807, 2.05) is 6.92 Å². The van der Waals surface area contributed by atoms with Crippen molar-refractivity contribution in [1.82, 2.24) is 0 Å². The zero-order valence-corrected chi connectivity index (χ0v) is 11.0. The molecule has 0 amide bonds. The number of benzene rings is 1. The van der Waals surface area contributed by atoms with Crippen LogP contribution in [0.15, 0.2) is 29.2 Å². The third-order valence-corrected chi connectivity index (χ3v) is 5.68. The molecule has 16 heavy (non-hydrogen) atoms. The van der Waals surface area contributed by atoms with Crippen molar-refractivity contribution >= 4 is 38.8 Å². The van der Waals surface area contributed by atoms with E-state index in [0.29, 0.717) is 0 Å². The van der Waals surface area contributed by atoms with Gasteiger partial charge in [0, 0.05) is 0 Å². The molecular formula is C10H10Cl2O3S. The van der Waals surface area contributed by atoms with E-state index < -0.39 is 19.3 Å². The van der Waals surface area contributed by atoms with E-state index in [2.05, 4.69) is 0 Å².